The molecule has 3 aromatic carbocycles. The van der Waals surface area contributed by atoms with Gasteiger partial charge in [0.1, 0.15) is 5.75 Å². The molecule has 0 fully saturated rings. The first-order valence-corrected chi connectivity index (χ1v) is 11.6. The first-order valence-electron chi connectivity index (χ1n) is 11.6. The Morgan fingerprint density at radius 2 is 1.68 bits per heavy atom. The van der Waals surface area contributed by atoms with Crippen LogP contribution in [0.2, 0.25) is 0 Å². The lowest BCUT2D eigenvalue weighted by Gasteiger charge is -2.32. The molecule has 1 heterocycles. The second-order valence-corrected chi connectivity index (χ2v) is 8.93. The monoisotopic (exact) mass is 457 g/mol. The number of methoxy groups -OCH3 is 1. The molecule has 2 amide bonds. The molecule has 6 heteroatoms. The average molecular weight is 458 g/mol. The van der Waals surface area contributed by atoms with Crippen molar-refractivity contribution >= 4 is 23.2 Å². The van der Waals surface area contributed by atoms with Gasteiger partial charge in [-0.05, 0) is 53.8 Å². The second kappa shape index (κ2) is 10.4. The fourth-order valence-electron chi connectivity index (χ4n) is 4.20. The zero-order valence-corrected chi connectivity index (χ0v) is 19.9. The van der Waals surface area contributed by atoms with E-state index in [9.17, 15) is 9.59 Å². The summed E-state index contributed by atoms with van der Waals surface area (Å²) in [5.74, 6) is 0.405. The largest absolute Gasteiger partial charge is 0.496 e. The molecular weight excluding hydrogens is 426 g/mol. The quantitative estimate of drug-likeness (QED) is 0.530. The summed E-state index contributed by atoms with van der Waals surface area (Å²) in [4.78, 5) is 28.3. The maximum Gasteiger partial charge on any atom is 0.259 e. The SMILES string of the molecule is COc1ccccc1C(=O)Nc1ccc(N2CCc3ccccc3C2)c(C(=O)NCC(C)C)c1. The van der Waals surface area contributed by atoms with Crippen molar-refractivity contribution in [3.63, 3.8) is 0 Å². The van der Waals surface area contributed by atoms with Gasteiger partial charge >= 0.3 is 0 Å². The Morgan fingerprint density at radius 3 is 2.44 bits per heavy atom. The number of benzene rings is 3. The molecule has 0 saturated heterocycles. The third-order valence-electron chi connectivity index (χ3n) is 5.99. The Balaban J connectivity index is 1.63. The maximum absolute atomic E-state index is 13.2. The summed E-state index contributed by atoms with van der Waals surface area (Å²) in [6.45, 7) is 6.28. The highest BCUT2D eigenvalue weighted by atomic mass is 16.5. The number of para-hydroxylation sites is 1. The maximum atomic E-state index is 13.2. The number of hydrogen-bond acceptors (Lipinski definition) is 4. The van der Waals surface area contributed by atoms with Gasteiger partial charge in [-0.25, -0.2) is 0 Å². The molecule has 1 aliphatic rings. The van der Waals surface area contributed by atoms with Crippen LogP contribution in [0.15, 0.2) is 66.7 Å². The Morgan fingerprint density at radius 1 is 0.941 bits per heavy atom. The first kappa shape index (κ1) is 23.4. The van der Waals surface area contributed by atoms with Crippen LogP contribution in [-0.4, -0.2) is 32.0 Å². The number of nitrogens with zero attached hydrogens (tertiary/aromatic N) is 1. The van der Waals surface area contributed by atoms with Crippen LogP contribution in [0.3, 0.4) is 0 Å². The molecule has 176 valence electrons. The fourth-order valence-corrected chi connectivity index (χ4v) is 4.20. The summed E-state index contributed by atoms with van der Waals surface area (Å²) in [5, 5.41) is 5.95. The predicted octanol–water partition coefficient (Wildman–Crippen LogP) is 4.90. The number of anilines is 2. The molecule has 0 aliphatic carbocycles. The van der Waals surface area contributed by atoms with Crippen LogP contribution in [0.1, 0.15) is 45.7 Å². The number of nitrogens with one attached hydrogen (secondary N) is 2. The van der Waals surface area contributed by atoms with Crippen LogP contribution in [0.5, 0.6) is 5.75 Å². The average Bonchev–Trinajstić information content (AvgIpc) is 2.86. The molecule has 1 aliphatic heterocycles. The molecule has 0 radical (unpaired) electrons. The van der Waals surface area contributed by atoms with E-state index < -0.39 is 0 Å². The summed E-state index contributed by atoms with van der Waals surface area (Å²) in [6.07, 6.45) is 0.926. The molecule has 4 rings (SSSR count). The van der Waals surface area contributed by atoms with E-state index in [0.29, 0.717) is 35.0 Å². The van der Waals surface area contributed by atoms with Gasteiger partial charge in [-0.1, -0.05) is 50.2 Å². The van der Waals surface area contributed by atoms with Crippen LogP contribution in [0, 0.1) is 5.92 Å². The zero-order valence-electron chi connectivity index (χ0n) is 19.9. The van der Waals surface area contributed by atoms with Gasteiger partial charge in [0.05, 0.1) is 18.2 Å². The lowest BCUT2D eigenvalue weighted by atomic mass is 9.98. The molecule has 0 bridgehead atoms. The van der Waals surface area contributed by atoms with Crippen LogP contribution in [-0.2, 0) is 13.0 Å². The van der Waals surface area contributed by atoms with Crippen LogP contribution in [0.4, 0.5) is 11.4 Å². The molecule has 34 heavy (non-hydrogen) atoms. The smallest absolute Gasteiger partial charge is 0.259 e. The van der Waals surface area contributed by atoms with Gasteiger partial charge in [-0.15, -0.1) is 0 Å². The van der Waals surface area contributed by atoms with Crippen LogP contribution in [0.25, 0.3) is 0 Å². The van der Waals surface area contributed by atoms with E-state index in [-0.39, 0.29) is 11.8 Å². The minimum atomic E-state index is -0.286. The number of fused-ring (bicyclic) bond motifs is 1. The fraction of sp³-hybridized carbons (Fsp3) is 0.286. The third-order valence-corrected chi connectivity index (χ3v) is 5.99. The van der Waals surface area contributed by atoms with Gasteiger partial charge in [0.2, 0.25) is 0 Å². The van der Waals surface area contributed by atoms with Crippen molar-refractivity contribution in [1.29, 1.82) is 0 Å². The Bertz CT molecular complexity index is 1190. The topological polar surface area (TPSA) is 70.7 Å². The molecule has 0 atom stereocenters. The molecule has 2 N–H and O–H groups in total. The summed E-state index contributed by atoms with van der Waals surface area (Å²) < 4.78 is 5.32. The van der Waals surface area contributed by atoms with Gasteiger partial charge in [-0.2, -0.15) is 0 Å². The number of ether oxygens (including phenoxy) is 1. The van der Waals surface area contributed by atoms with E-state index in [4.69, 9.17) is 4.74 Å². The van der Waals surface area contributed by atoms with E-state index in [1.165, 1.54) is 18.2 Å². The van der Waals surface area contributed by atoms with Crippen molar-refractivity contribution in [3.8, 4) is 5.75 Å². The van der Waals surface area contributed by atoms with Gasteiger partial charge in [0.15, 0.2) is 0 Å². The van der Waals surface area contributed by atoms with E-state index in [0.717, 1.165) is 25.2 Å². The van der Waals surface area contributed by atoms with E-state index in [2.05, 4.69) is 53.6 Å². The molecule has 0 spiro atoms. The van der Waals surface area contributed by atoms with Crippen molar-refractivity contribution in [3.05, 3.63) is 89.0 Å². The highest BCUT2D eigenvalue weighted by molar-refractivity contribution is 6.07. The molecule has 0 unspecified atom stereocenters. The lowest BCUT2D eigenvalue weighted by Crippen LogP contribution is -2.34. The summed E-state index contributed by atoms with van der Waals surface area (Å²) >= 11 is 0. The molecule has 3 aromatic rings. The van der Waals surface area contributed by atoms with Crippen molar-refractivity contribution < 1.29 is 14.3 Å². The summed E-state index contributed by atoms with van der Waals surface area (Å²) in [5.41, 5.74) is 5.05. The Hall–Kier alpha value is -3.80. The minimum absolute atomic E-state index is 0.143. The molecule has 0 aromatic heterocycles. The standard InChI is InChI=1S/C28H31N3O3/c1-19(2)17-29-27(32)24-16-22(30-28(33)23-10-6-7-11-26(23)34-3)12-13-25(24)31-15-14-20-8-4-5-9-21(20)18-31/h4-13,16,19H,14-15,17-18H2,1-3H3,(H,29,32)(H,30,33). The normalized spacial score (nSPS) is 12.8. The number of carbonyl (C=O) groups excluding carboxylic acids is 2. The zero-order chi connectivity index (χ0) is 24.1. The van der Waals surface area contributed by atoms with Gasteiger partial charge in [-0.3, -0.25) is 9.59 Å². The number of rotatable bonds is 7. The first-order chi connectivity index (χ1) is 16.5. The minimum Gasteiger partial charge on any atom is -0.496 e. The van der Waals surface area contributed by atoms with E-state index in [1.807, 2.05) is 18.2 Å². The summed E-state index contributed by atoms with van der Waals surface area (Å²) in [7, 11) is 1.54. The van der Waals surface area contributed by atoms with Crippen LogP contribution >= 0.6 is 0 Å². The Labute approximate surface area is 200 Å². The Kier molecular flexibility index (Phi) is 7.16. The predicted molar refractivity (Wildman–Crippen MR) is 136 cm³/mol. The molecule has 6 nitrogen and oxygen atoms in total. The van der Waals surface area contributed by atoms with Crippen molar-refractivity contribution in [2.75, 3.05) is 30.4 Å². The van der Waals surface area contributed by atoms with Gasteiger partial charge in [0, 0.05) is 31.0 Å². The van der Waals surface area contributed by atoms with E-state index in [1.54, 1.807) is 24.3 Å². The number of amides is 2. The summed E-state index contributed by atoms with van der Waals surface area (Å²) in [6, 6.07) is 21.0. The highest BCUT2D eigenvalue weighted by Gasteiger charge is 2.22. The van der Waals surface area contributed by atoms with Crippen molar-refractivity contribution in [2.45, 2.75) is 26.8 Å². The van der Waals surface area contributed by atoms with Crippen molar-refractivity contribution in [2.24, 2.45) is 5.92 Å². The van der Waals surface area contributed by atoms with Crippen LogP contribution < -0.4 is 20.3 Å². The highest BCUT2D eigenvalue weighted by Crippen LogP contribution is 2.30. The van der Waals surface area contributed by atoms with Crippen molar-refractivity contribution in [1.82, 2.24) is 5.32 Å². The lowest BCUT2D eigenvalue weighted by molar-refractivity contribution is 0.0948. The molecular formula is C28H31N3O3. The molecule has 0 saturated carbocycles. The number of hydrogen-bond donors (Lipinski definition) is 2. The second-order valence-electron chi connectivity index (χ2n) is 8.93. The van der Waals surface area contributed by atoms with Gasteiger partial charge in [0.25, 0.3) is 11.8 Å². The third kappa shape index (κ3) is 5.22. The number of carbonyl (C=O) groups is 2. The van der Waals surface area contributed by atoms with E-state index >= 15 is 0 Å². The van der Waals surface area contributed by atoms with Gasteiger partial charge < -0.3 is 20.3 Å².